The lowest BCUT2D eigenvalue weighted by atomic mass is 9.69. The maximum atomic E-state index is 13.2. The van der Waals surface area contributed by atoms with Crippen LogP contribution in [-0.4, -0.2) is 113 Å². The molecule has 4 aromatic carbocycles. The van der Waals surface area contributed by atoms with E-state index in [1.165, 1.54) is 46.6 Å². The Hall–Kier alpha value is -7.89. The van der Waals surface area contributed by atoms with Gasteiger partial charge in [0.05, 0.1) is 12.3 Å². The summed E-state index contributed by atoms with van der Waals surface area (Å²) in [7, 11) is 0. The molecule has 0 spiro atoms. The van der Waals surface area contributed by atoms with E-state index in [-0.39, 0.29) is 132 Å². The first-order valence-electron chi connectivity index (χ1n) is 39.5. The molecule has 0 saturated heterocycles. The number of ether oxygens (including phenoxy) is 2. The molecule has 2 aliphatic heterocycles. The van der Waals surface area contributed by atoms with Gasteiger partial charge in [-0.3, -0.25) is 4.90 Å². The van der Waals surface area contributed by atoms with Crippen LogP contribution >= 0.6 is 0 Å². The molecule has 107 heavy (non-hydrogen) atoms. The number of carbonyl (C=O) groups excluding carboxylic acids is 1. The van der Waals surface area contributed by atoms with E-state index >= 15 is 0 Å². The summed E-state index contributed by atoms with van der Waals surface area (Å²) in [6.07, 6.45) is 26.0. The molecule has 0 saturated carbocycles. The summed E-state index contributed by atoms with van der Waals surface area (Å²) in [5.74, 6) is 2.70. The van der Waals surface area contributed by atoms with Gasteiger partial charge < -0.3 is 70.8 Å². The molecule has 1 amide bonds. The minimum absolute atomic E-state index is 0.00604. The van der Waals surface area contributed by atoms with Gasteiger partial charge in [-0.25, -0.2) is 4.79 Å². The third-order valence-corrected chi connectivity index (χ3v) is 24.3. The van der Waals surface area contributed by atoms with Gasteiger partial charge in [0, 0.05) is 125 Å². The van der Waals surface area contributed by atoms with Gasteiger partial charge in [-0.15, -0.1) is 0 Å². The fourth-order valence-electron chi connectivity index (χ4n) is 19.1. The minimum atomic E-state index is -0.681. The Morgan fingerprint density at radius 3 is 1.09 bits per heavy atom. The zero-order valence-electron chi connectivity index (χ0n) is 65.8. The van der Waals surface area contributed by atoms with Crippen LogP contribution in [0.3, 0.4) is 0 Å². The van der Waals surface area contributed by atoms with Gasteiger partial charge in [-0.1, -0.05) is 95.2 Å². The van der Waals surface area contributed by atoms with Crippen molar-refractivity contribution in [1.82, 2.24) is 0 Å². The maximum absolute atomic E-state index is 13.2. The number of anilines is 1. The molecule has 584 valence electrons. The molecule has 8 aliphatic rings. The van der Waals surface area contributed by atoms with E-state index in [1.54, 1.807) is 4.90 Å². The van der Waals surface area contributed by atoms with E-state index < -0.39 is 11.7 Å². The lowest BCUT2D eigenvalue weighted by molar-refractivity contribution is 0.0575. The number of aliphatic hydroxyl groups is 4. The lowest BCUT2D eigenvalue weighted by Gasteiger charge is -2.40. The van der Waals surface area contributed by atoms with E-state index in [9.17, 15) is 66.1 Å². The predicted molar refractivity (Wildman–Crippen MR) is 427 cm³/mol. The normalized spacial score (nSPS) is 25.2. The van der Waals surface area contributed by atoms with Crippen LogP contribution < -0.4 is 9.64 Å². The summed E-state index contributed by atoms with van der Waals surface area (Å²) < 4.78 is 11.6. The van der Waals surface area contributed by atoms with Crippen molar-refractivity contribution in [2.75, 3.05) is 44.5 Å². The number of aromatic hydroxyl groups is 8. The molecule has 4 aromatic rings. The van der Waals surface area contributed by atoms with Crippen molar-refractivity contribution in [2.45, 2.75) is 258 Å². The first-order valence-corrected chi connectivity index (χ1v) is 39.5. The third kappa shape index (κ3) is 18.7. The predicted octanol–water partition coefficient (Wildman–Crippen LogP) is 19.9. The molecule has 12 N–H and O–H groups in total. The highest BCUT2D eigenvalue weighted by molar-refractivity contribution is 5.93. The number of phenolic OH excluding ortho intramolecular Hbond substituents is 8. The smallest absolute Gasteiger partial charge is 0.414 e. The highest BCUT2D eigenvalue weighted by Gasteiger charge is 2.43. The number of aliphatic hydroxyl groups excluding tert-OH is 4. The average molecular weight is 1470 g/mol. The third-order valence-electron chi connectivity index (χ3n) is 24.3. The second-order valence-corrected chi connectivity index (χ2v) is 33.4. The van der Waals surface area contributed by atoms with Crippen molar-refractivity contribution in [1.29, 1.82) is 0 Å². The number of hydrogen-bond donors (Lipinski definition) is 12. The molecule has 0 radical (unpaired) electrons. The van der Waals surface area contributed by atoms with Crippen LogP contribution in [0.25, 0.3) is 0 Å². The Morgan fingerprint density at radius 2 is 0.729 bits per heavy atom. The van der Waals surface area contributed by atoms with Crippen LogP contribution in [-0.2, 0) is 17.6 Å². The molecular formula is C91H125NO15. The van der Waals surface area contributed by atoms with Crippen LogP contribution in [0, 0.1) is 23.7 Å². The van der Waals surface area contributed by atoms with Gasteiger partial charge in [0.2, 0.25) is 0 Å². The molecule has 2 heterocycles. The summed E-state index contributed by atoms with van der Waals surface area (Å²) in [5.41, 5.74) is 18.2. The zero-order valence-corrected chi connectivity index (χ0v) is 65.8. The van der Waals surface area contributed by atoms with E-state index in [0.29, 0.717) is 79.7 Å². The molecule has 6 aliphatic carbocycles. The van der Waals surface area contributed by atoms with E-state index in [1.807, 2.05) is 34.6 Å². The van der Waals surface area contributed by atoms with E-state index in [2.05, 4.69) is 92.2 Å². The Kier molecular flexibility index (Phi) is 28.0. The van der Waals surface area contributed by atoms with Crippen molar-refractivity contribution in [2.24, 2.45) is 23.7 Å². The van der Waals surface area contributed by atoms with Gasteiger partial charge in [0.1, 0.15) is 57.3 Å². The highest BCUT2D eigenvalue weighted by atomic mass is 16.6. The second-order valence-electron chi connectivity index (χ2n) is 33.4. The van der Waals surface area contributed by atoms with Crippen molar-refractivity contribution in [3.8, 4) is 51.7 Å². The van der Waals surface area contributed by atoms with Gasteiger partial charge in [0.15, 0.2) is 0 Å². The topological polar surface area (TPSA) is 282 Å². The van der Waals surface area contributed by atoms with Crippen molar-refractivity contribution >= 4 is 11.8 Å². The number of fused-ring (bicyclic) bond motifs is 4. The number of hydrogen-bond acceptors (Lipinski definition) is 15. The van der Waals surface area contributed by atoms with Crippen molar-refractivity contribution in [3.05, 3.63) is 175 Å². The second kappa shape index (κ2) is 36.1. The van der Waals surface area contributed by atoms with Crippen molar-refractivity contribution < 1.29 is 75.5 Å². The quantitative estimate of drug-likeness (QED) is 0.0465. The monoisotopic (exact) mass is 1470 g/mol. The first kappa shape index (κ1) is 83.2. The van der Waals surface area contributed by atoms with Gasteiger partial charge in [-0.2, -0.15) is 0 Å². The summed E-state index contributed by atoms with van der Waals surface area (Å²) in [6.45, 7) is 40.0. The number of allylic oxidation sites excluding steroid dienone is 12. The Bertz CT molecular complexity index is 3780. The molecular weight excluding hydrogens is 1350 g/mol. The molecule has 16 nitrogen and oxygen atoms in total. The van der Waals surface area contributed by atoms with Crippen LogP contribution in [0.2, 0.25) is 0 Å². The SMILES string of the molecule is C=C(C)[C@@H]1CCC(C)=C[C@H]1c1c(O)cc(O)c2c1CCC[C@H]2CCO.C=C(C)[C@@H]1CCC(C)=C[C@H]1c1c(O)cc(O)c2c1CCC[C@H]2CCO.C=C(C)[C@@H]1CCC(C)=C[C@H]1c1c(O)cc(O)c2c1N(C(=O)OC(C)(C)C)CC[C@H]2CCO.C=C(C)[C@@H]1CCC(C)=C[C@H]1c1c(O)cc(O)c2c1OCC[C@H]2CCO. The summed E-state index contributed by atoms with van der Waals surface area (Å²) in [5, 5.41) is 123. The fourth-order valence-corrected chi connectivity index (χ4v) is 19.1. The lowest BCUT2D eigenvalue weighted by Crippen LogP contribution is -2.41. The van der Waals surface area contributed by atoms with Crippen LogP contribution in [0.4, 0.5) is 10.5 Å². The number of carbonyl (C=O) groups is 1. The number of amides is 1. The van der Waals surface area contributed by atoms with Gasteiger partial charge in [-0.05, 0) is 263 Å². The van der Waals surface area contributed by atoms with Crippen LogP contribution in [0.5, 0.6) is 51.7 Å². The van der Waals surface area contributed by atoms with Gasteiger partial charge in [0.25, 0.3) is 0 Å². The van der Waals surface area contributed by atoms with Crippen LogP contribution in [0.15, 0.2) is 119 Å². The first-order chi connectivity index (χ1) is 50.7. The minimum Gasteiger partial charge on any atom is -0.508 e. The van der Waals surface area contributed by atoms with Gasteiger partial charge >= 0.3 is 6.09 Å². The van der Waals surface area contributed by atoms with E-state index in [4.69, 9.17) is 9.47 Å². The van der Waals surface area contributed by atoms with E-state index in [0.717, 1.165) is 163 Å². The maximum Gasteiger partial charge on any atom is 0.414 e. The molecule has 16 heteroatoms. The Balaban J connectivity index is 0.000000166. The molecule has 0 aromatic heterocycles. The molecule has 0 bridgehead atoms. The number of phenols is 8. The molecule has 0 unspecified atom stereocenters. The average Bonchev–Trinajstić information content (AvgIpc) is 1.03. The number of rotatable bonds is 16. The Morgan fingerprint density at radius 1 is 0.421 bits per heavy atom. The number of benzene rings is 4. The fraction of sp³-hybridized carbons (Fsp3) is 0.549. The molecule has 12 rings (SSSR count). The summed E-state index contributed by atoms with van der Waals surface area (Å²) in [4.78, 5) is 14.8. The summed E-state index contributed by atoms with van der Waals surface area (Å²) in [6, 6.07) is 5.83. The van der Waals surface area contributed by atoms with Crippen molar-refractivity contribution in [3.63, 3.8) is 0 Å². The molecule has 12 atom stereocenters. The summed E-state index contributed by atoms with van der Waals surface area (Å²) >= 11 is 0. The zero-order chi connectivity index (χ0) is 78.2. The number of nitrogens with zero attached hydrogens (tertiary/aromatic N) is 1. The largest absolute Gasteiger partial charge is 0.508 e. The standard InChI is InChI=1S/C26H37NO5.2C22H30O3.C21H28O4/c1-15(2)18-8-7-16(3)13-19(18)23-21(30)14-20(29)22-17(10-12-28)9-11-27(24(22)23)25(31)32-26(4,5)6;2*1-13(2)16-8-7-14(3)11-18(16)22-17-6-4-5-15(9-10-23)21(17)19(24)12-20(22)25;1-12(2)15-5-4-13(3)10-16(15)20-18(24)11-17(23)19-14(6-8-22)7-9-25-21(19)20/h13-14,17-19,28-30H,1,7-12H2,2-6H3;2*11-12,15-16,18,23-25H,1,4-10H2,2-3H3;10-11,14-16,22-24H,1,4-9H2,2-3H3/t17-,18-,19+;2*15-,16-,18+;14-,15+,16-/m0001/s1. The van der Waals surface area contributed by atoms with Crippen LogP contribution in [0.1, 0.15) is 295 Å². The molecule has 0 fully saturated rings. The highest BCUT2D eigenvalue weighted by Crippen LogP contribution is 2.58. The Labute approximate surface area is 636 Å².